The molecule has 3 heteroatoms. The molecule has 0 N–H and O–H groups in total. The molecule has 33 heavy (non-hydrogen) atoms. The number of benzene rings is 4. The van der Waals surface area contributed by atoms with Crippen LogP contribution in [0.25, 0.3) is 66.5 Å². The number of hydrogen-bond acceptors (Lipinski definition) is 3. The molecule has 0 radical (unpaired) electrons. The van der Waals surface area contributed by atoms with Crippen molar-refractivity contribution in [1.29, 1.82) is 0 Å². The highest BCUT2D eigenvalue weighted by Gasteiger charge is 2.15. The van der Waals surface area contributed by atoms with E-state index in [9.17, 15) is 0 Å². The number of rotatable bonds is 2. The Morgan fingerprint density at radius 2 is 0.848 bits per heavy atom. The van der Waals surface area contributed by atoms with Gasteiger partial charge in [0.25, 0.3) is 0 Å². The van der Waals surface area contributed by atoms with Gasteiger partial charge >= 0.3 is 0 Å². The molecule has 0 atom stereocenters. The van der Waals surface area contributed by atoms with Gasteiger partial charge in [-0.05, 0) is 38.1 Å². The molecule has 0 unspecified atom stereocenters. The third kappa shape index (κ3) is 2.90. The molecule has 3 heterocycles. The third-order valence-electron chi connectivity index (χ3n) is 6.42. The smallest absolute Gasteiger partial charge is 0.139 e. The molecule has 3 nitrogen and oxygen atoms in total. The second-order valence-corrected chi connectivity index (χ2v) is 8.83. The number of hydrogen-bond donors (Lipinski definition) is 0. The van der Waals surface area contributed by atoms with Crippen LogP contribution in [0.1, 0.15) is 11.1 Å². The van der Waals surface area contributed by atoms with Crippen LogP contribution in [0.5, 0.6) is 0 Å². The van der Waals surface area contributed by atoms with Crippen LogP contribution in [-0.2, 0) is 0 Å². The Bertz CT molecular complexity index is 1670. The molecule has 0 saturated carbocycles. The summed E-state index contributed by atoms with van der Waals surface area (Å²) >= 11 is 0. The molecule has 0 spiro atoms. The van der Waals surface area contributed by atoms with E-state index >= 15 is 0 Å². The summed E-state index contributed by atoms with van der Waals surface area (Å²) in [6.45, 7) is 4.17. The maximum Gasteiger partial charge on any atom is 0.139 e. The van der Waals surface area contributed by atoms with Crippen molar-refractivity contribution in [3.63, 3.8) is 0 Å². The molecule has 0 bridgehead atoms. The summed E-state index contributed by atoms with van der Waals surface area (Å²) in [7, 11) is 0. The van der Waals surface area contributed by atoms with Crippen LogP contribution >= 0.6 is 0 Å². The SMILES string of the molecule is Cc1ccc(-c2cc3cc4c(cc3o2)oc2cc3oc(-c5ccc(C)cc5)cc3cc24)cc1. The third-order valence-corrected chi connectivity index (χ3v) is 6.42. The molecule has 0 aliphatic carbocycles. The van der Waals surface area contributed by atoms with Crippen molar-refractivity contribution >= 4 is 43.9 Å². The Labute approximate surface area is 189 Å². The van der Waals surface area contributed by atoms with Crippen molar-refractivity contribution in [3.8, 4) is 22.6 Å². The molecule has 7 aromatic rings. The lowest BCUT2D eigenvalue weighted by molar-refractivity contribution is 0.625. The lowest BCUT2D eigenvalue weighted by atomic mass is 10.1. The van der Waals surface area contributed by atoms with Crippen molar-refractivity contribution in [2.75, 3.05) is 0 Å². The van der Waals surface area contributed by atoms with Crippen molar-refractivity contribution < 1.29 is 13.3 Å². The highest BCUT2D eigenvalue weighted by atomic mass is 16.4. The maximum absolute atomic E-state index is 6.21. The first-order valence-electron chi connectivity index (χ1n) is 11.1. The zero-order valence-electron chi connectivity index (χ0n) is 18.3. The predicted molar refractivity (Wildman–Crippen MR) is 134 cm³/mol. The summed E-state index contributed by atoms with van der Waals surface area (Å²) in [5.41, 5.74) is 7.88. The molecule has 0 fully saturated rings. The first-order valence-corrected chi connectivity index (χ1v) is 11.1. The van der Waals surface area contributed by atoms with Gasteiger partial charge < -0.3 is 13.3 Å². The molecule has 0 aliphatic heterocycles. The van der Waals surface area contributed by atoms with E-state index < -0.39 is 0 Å². The largest absolute Gasteiger partial charge is 0.456 e. The fourth-order valence-corrected chi connectivity index (χ4v) is 4.56. The van der Waals surface area contributed by atoms with E-state index in [1.807, 2.05) is 12.1 Å². The van der Waals surface area contributed by atoms with Crippen LogP contribution in [0, 0.1) is 13.8 Å². The van der Waals surface area contributed by atoms with Crippen LogP contribution < -0.4 is 0 Å². The van der Waals surface area contributed by atoms with Crippen LogP contribution in [0.4, 0.5) is 0 Å². The highest BCUT2D eigenvalue weighted by Crippen LogP contribution is 2.38. The number of furan rings is 3. The zero-order chi connectivity index (χ0) is 22.1. The van der Waals surface area contributed by atoms with Gasteiger partial charge in [-0.3, -0.25) is 0 Å². The summed E-state index contributed by atoms with van der Waals surface area (Å²) < 4.78 is 18.5. The Morgan fingerprint density at radius 1 is 0.424 bits per heavy atom. The minimum atomic E-state index is 0.814. The highest BCUT2D eigenvalue weighted by molar-refractivity contribution is 6.13. The van der Waals surface area contributed by atoms with Crippen molar-refractivity contribution in [1.82, 2.24) is 0 Å². The van der Waals surface area contributed by atoms with Crippen LogP contribution in [0.2, 0.25) is 0 Å². The first kappa shape index (κ1) is 18.3. The topological polar surface area (TPSA) is 39.4 Å². The Kier molecular flexibility index (Phi) is 3.68. The monoisotopic (exact) mass is 428 g/mol. The maximum atomic E-state index is 6.21. The van der Waals surface area contributed by atoms with Gasteiger partial charge in [0.15, 0.2) is 0 Å². The minimum Gasteiger partial charge on any atom is -0.456 e. The Balaban J connectivity index is 1.38. The van der Waals surface area contributed by atoms with Gasteiger partial charge in [0.1, 0.15) is 33.9 Å². The molecule has 3 aromatic heterocycles. The van der Waals surface area contributed by atoms with E-state index in [0.717, 1.165) is 66.5 Å². The average molecular weight is 428 g/mol. The second-order valence-electron chi connectivity index (χ2n) is 8.83. The predicted octanol–water partition coefficient (Wildman–Crippen LogP) is 9.03. The number of fused-ring (bicyclic) bond motifs is 5. The standard InChI is InChI=1S/C30H20O3/c1-17-3-7-19(8-4-17)25-13-21-11-23-24-12-22-14-26(20-9-5-18(2)6-10-20)32-28(22)16-30(24)33-29(23)15-27(21)31-25/h3-16H,1-2H3. The van der Waals surface area contributed by atoms with Crippen LogP contribution in [0.15, 0.2) is 98.2 Å². The fraction of sp³-hybridized carbons (Fsp3) is 0.0667. The van der Waals surface area contributed by atoms with E-state index in [2.05, 4.69) is 86.6 Å². The van der Waals surface area contributed by atoms with E-state index in [-0.39, 0.29) is 0 Å². The first-order chi connectivity index (χ1) is 16.1. The van der Waals surface area contributed by atoms with Gasteiger partial charge in [-0.25, -0.2) is 0 Å². The quantitative estimate of drug-likeness (QED) is 0.276. The summed E-state index contributed by atoms with van der Waals surface area (Å²) in [6, 6.07) is 29.3. The normalized spacial score (nSPS) is 11.9. The van der Waals surface area contributed by atoms with Gasteiger partial charge in [0.05, 0.1) is 0 Å². The van der Waals surface area contributed by atoms with Crippen molar-refractivity contribution in [2.45, 2.75) is 13.8 Å². The molecule has 0 amide bonds. The van der Waals surface area contributed by atoms with E-state index in [4.69, 9.17) is 13.3 Å². The molecular weight excluding hydrogens is 408 g/mol. The summed E-state index contributed by atoms with van der Waals surface area (Å²) in [5.74, 6) is 1.73. The molecule has 158 valence electrons. The molecular formula is C30H20O3. The van der Waals surface area contributed by atoms with Gasteiger partial charge in [0, 0.05) is 44.8 Å². The molecule has 0 saturated heterocycles. The van der Waals surface area contributed by atoms with E-state index in [1.165, 1.54) is 11.1 Å². The van der Waals surface area contributed by atoms with Crippen LogP contribution in [0.3, 0.4) is 0 Å². The fourth-order valence-electron chi connectivity index (χ4n) is 4.56. The van der Waals surface area contributed by atoms with Gasteiger partial charge in [-0.2, -0.15) is 0 Å². The molecule has 7 rings (SSSR count). The van der Waals surface area contributed by atoms with Crippen molar-refractivity contribution in [2.24, 2.45) is 0 Å². The summed E-state index contributed by atoms with van der Waals surface area (Å²) in [6.07, 6.45) is 0. The summed E-state index contributed by atoms with van der Waals surface area (Å²) in [5, 5.41) is 4.28. The summed E-state index contributed by atoms with van der Waals surface area (Å²) in [4.78, 5) is 0. The van der Waals surface area contributed by atoms with Gasteiger partial charge in [0.2, 0.25) is 0 Å². The van der Waals surface area contributed by atoms with Crippen LogP contribution in [-0.4, -0.2) is 0 Å². The Morgan fingerprint density at radius 3 is 1.27 bits per heavy atom. The Hall–Kier alpha value is -4.24. The minimum absolute atomic E-state index is 0.814. The van der Waals surface area contributed by atoms with Crippen molar-refractivity contribution in [3.05, 3.63) is 96.1 Å². The molecule has 0 aliphatic rings. The number of aryl methyl sites for hydroxylation is 2. The average Bonchev–Trinajstić information content (AvgIpc) is 3.51. The van der Waals surface area contributed by atoms with Gasteiger partial charge in [-0.15, -0.1) is 0 Å². The van der Waals surface area contributed by atoms with Gasteiger partial charge in [-0.1, -0.05) is 59.7 Å². The molecule has 4 aromatic carbocycles. The lowest BCUT2D eigenvalue weighted by Gasteiger charge is -1.96. The van der Waals surface area contributed by atoms with E-state index in [0.29, 0.717) is 0 Å². The van der Waals surface area contributed by atoms with E-state index in [1.54, 1.807) is 0 Å². The second kappa shape index (κ2) is 6.63. The zero-order valence-corrected chi connectivity index (χ0v) is 18.3. The lowest BCUT2D eigenvalue weighted by Crippen LogP contribution is -1.74.